The predicted molar refractivity (Wildman–Crippen MR) is 105 cm³/mol. The number of thiocarbonyl (C=S) groups is 1. The molecule has 3 aromatic rings. The summed E-state index contributed by atoms with van der Waals surface area (Å²) in [5.41, 5.74) is 1.58. The van der Waals surface area contributed by atoms with Gasteiger partial charge in [0, 0.05) is 10.6 Å². The molecule has 0 saturated heterocycles. The van der Waals surface area contributed by atoms with Crippen molar-refractivity contribution in [1.29, 1.82) is 0 Å². The molecule has 0 aliphatic carbocycles. The number of ether oxygens (including phenoxy) is 1. The highest BCUT2D eigenvalue weighted by Gasteiger charge is 2.10. The van der Waals surface area contributed by atoms with Crippen molar-refractivity contribution >= 4 is 34.6 Å². The number of hydrogen-bond donors (Lipinski definition) is 2. The molecule has 0 bridgehead atoms. The van der Waals surface area contributed by atoms with Gasteiger partial charge < -0.3 is 19.9 Å². The lowest BCUT2D eigenvalue weighted by Gasteiger charge is -2.13. The quantitative estimate of drug-likeness (QED) is 0.610. The topological polar surface area (TPSA) is 72.2 Å². The Labute approximate surface area is 161 Å². The largest absolute Gasteiger partial charge is 0.492 e. The molecule has 2 aromatic carbocycles. The highest BCUT2D eigenvalue weighted by atomic mass is 35.5. The van der Waals surface area contributed by atoms with Crippen LogP contribution in [0.4, 0.5) is 5.69 Å². The maximum Gasteiger partial charge on any atom is 0.246 e. The number of anilines is 1. The highest BCUT2D eigenvalue weighted by Crippen LogP contribution is 2.23. The van der Waals surface area contributed by atoms with Crippen molar-refractivity contribution in [2.24, 2.45) is 0 Å². The van der Waals surface area contributed by atoms with E-state index < -0.39 is 0 Å². The minimum atomic E-state index is 0.302. The molecule has 1 heterocycles. The molecule has 0 spiro atoms. The molecule has 0 unspecified atom stereocenters. The average Bonchev–Trinajstić information content (AvgIpc) is 3.11. The summed E-state index contributed by atoms with van der Waals surface area (Å²) >= 11 is 11.3. The molecule has 0 saturated carbocycles. The van der Waals surface area contributed by atoms with Crippen LogP contribution >= 0.6 is 23.8 Å². The summed E-state index contributed by atoms with van der Waals surface area (Å²) < 4.78 is 10.8. The normalized spacial score (nSPS) is 10.4. The zero-order valence-electron chi connectivity index (χ0n) is 14.0. The Bertz CT molecular complexity index is 900. The van der Waals surface area contributed by atoms with E-state index in [0.29, 0.717) is 35.0 Å². The second-order valence-corrected chi connectivity index (χ2v) is 6.10. The first-order valence-corrected chi connectivity index (χ1v) is 8.79. The fourth-order valence-corrected chi connectivity index (χ4v) is 2.62. The van der Waals surface area contributed by atoms with Gasteiger partial charge in [-0.15, -0.1) is 0 Å². The van der Waals surface area contributed by atoms with Crippen LogP contribution < -0.4 is 15.4 Å². The molecule has 6 nitrogen and oxygen atoms in total. The van der Waals surface area contributed by atoms with E-state index in [1.165, 1.54) is 0 Å². The molecule has 1 aromatic heterocycles. The Morgan fingerprint density at radius 1 is 1.23 bits per heavy atom. The molecular weight excluding hydrogens is 372 g/mol. The van der Waals surface area contributed by atoms with Crippen LogP contribution in [-0.2, 0) is 6.54 Å². The monoisotopic (exact) mass is 388 g/mol. The summed E-state index contributed by atoms with van der Waals surface area (Å²) in [6, 6.07) is 14.8. The van der Waals surface area contributed by atoms with Gasteiger partial charge in [-0.25, -0.2) is 0 Å². The predicted octanol–water partition coefficient (Wildman–Crippen LogP) is 4.28. The van der Waals surface area contributed by atoms with E-state index in [1.54, 1.807) is 12.1 Å². The van der Waals surface area contributed by atoms with Gasteiger partial charge in [0.1, 0.15) is 5.75 Å². The van der Waals surface area contributed by atoms with E-state index in [9.17, 15) is 0 Å². The second kappa shape index (κ2) is 8.64. The standard InChI is InChI=1S/C18H17ClN4O2S/c1-2-24-15-9-4-3-8-14(15)21-18(26)20-11-16-22-17(23-25-16)12-6-5-7-13(19)10-12/h3-10H,2,11H2,1H3,(H2,20,21,26). The van der Waals surface area contributed by atoms with Crippen LogP contribution in [0.2, 0.25) is 5.02 Å². The molecule has 0 aliphatic heterocycles. The Balaban J connectivity index is 1.59. The minimum Gasteiger partial charge on any atom is -0.492 e. The zero-order chi connectivity index (χ0) is 18.4. The smallest absolute Gasteiger partial charge is 0.246 e. The van der Waals surface area contributed by atoms with Crippen LogP contribution in [-0.4, -0.2) is 21.9 Å². The van der Waals surface area contributed by atoms with Crippen LogP contribution in [0, 0.1) is 0 Å². The van der Waals surface area contributed by atoms with E-state index in [2.05, 4.69) is 20.8 Å². The van der Waals surface area contributed by atoms with Crippen LogP contribution in [0.1, 0.15) is 12.8 Å². The van der Waals surface area contributed by atoms with Gasteiger partial charge in [-0.2, -0.15) is 4.98 Å². The van der Waals surface area contributed by atoms with Gasteiger partial charge in [-0.05, 0) is 43.4 Å². The third kappa shape index (κ3) is 4.71. The molecular formula is C18H17ClN4O2S. The summed E-state index contributed by atoms with van der Waals surface area (Å²) in [7, 11) is 0. The van der Waals surface area contributed by atoms with Crippen LogP contribution in [0.3, 0.4) is 0 Å². The van der Waals surface area contributed by atoms with Gasteiger partial charge >= 0.3 is 0 Å². The summed E-state index contributed by atoms with van der Waals surface area (Å²) in [6.07, 6.45) is 0. The van der Waals surface area contributed by atoms with Gasteiger partial charge in [0.2, 0.25) is 11.7 Å². The fraction of sp³-hybridized carbons (Fsp3) is 0.167. The number of benzene rings is 2. The lowest BCUT2D eigenvalue weighted by molar-refractivity contribution is 0.342. The molecule has 2 N–H and O–H groups in total. The number of nitrogens with one attached hydrogen (secondary N) is 2. The van der Waals surface area contributed by atoms with Crippen LogP contribution in [0.25, 0.3) is 11.4 Å². The van der Waals surface area contributed by atoms with Crippen molar-refractivity contribution in [3.05, 3.63) is 59.4 Å². The maximum atomic E-state index is 5.98. The number of nitrogens with zero attached hydrogens (tertiary/aromatic N) is 2. The first kappa shape index (κ1) is 18.2. The van der Waals surface area contributed by atoms with E-state index in [1.807, 2.05) is 43.3 Å². The van der Waals surface area contributed by atoms with Gasteiger partial charge in [-0.3, -0.25) is 0 Å². The van der Waals surface area contributed by atoms with Crippen molar-refractivity contribution in [2.75, 3.05) is 11.9 Å². The zero-order valence-corrected chi connectivity index (χ0v) is 15.6. The molecule has 0 fully saturated rings. The van der Waals surface area contributed by atoms with Crippen molar-refractivity contribution in [3.63, 3.8) is 0 Å². The Morgan fingerprint density at radius 3 is 2.88 bits per heavy atom. The molecule has 3 rings (SSSR count). The number of aromatic nitrogens is 2. The number of para-hydroxylation sites is 2. The summed E-state index contributed by atoms with van der Waals surface area (Å²) in [4.78, 5) is 4.34. The first-order chi connectivity index (χ1) is 12.7. The van der Waals surface area contributed by atoms with E-state index in [-0.39, 0.29) is 0 Å². The minimum absolute atomic E-state index is 0.302. The SMILES string of the molecule is CCOc1ccccc1NC(=S)NCc1nc(-c2cccc(Cl)c2)no1. The molecule has 26 heavy (non-hydrogen) atoms. The Hall–Kier alpha value is -2.64. The van der Waals surface area contributed by atoms with Crippen molar-refractivity contribution in [3.8, 4) is 17.1 Å². The maximum absolute atomic E-state index is 5.98. The van der Waals surface area contributed by atoms with Crippen molar-refractivity contribution < 1.29 is 9.26 Å². The second-order valence-electron chi connectivity index (χ2n) is 5.26. The number of hydrogen-bond acceptors (Lipinski definition) is 5. The fourth-order valence-electron chi connectivity index (χ4n) is 2.25. The molecule has 8 heteroatoms. The van der Waals surface area contributed by atoms with Crippen LogP contribution in [0.15, 0.2) is 53.1 Å². The summed E-state index contributed by atoms with van der Waals surface area (Å²) in [5, 5.41) is 11.1. The van der Waals surface area contributed by atoms with E-state index >= 15 is 0 Å². The number of rotatable bonds is 6. The molecule has 0 atom stereocenters. The third-order valence-corrected chi connectivity index (χ3v) is 3.87. The van der Waals surface area contributed by atoms with Gasteiger partial charge in [0.15, 0.2) is 5.11 Å². The van der Waals surface area contributed by atoms with Gasteiger partial charge in [0.05, 0.1) is 18.8 Å². The molecule has 0 amide bonds. The third-order valence-electron chi connectivity index (χ3n) is 3.39. The van der Waals surface area contributed by atoms with E-state index in [0.717, 1.165) is 17.0 Å². The van der Waals surface area contributed by atoms with Gasteiger partial charge in [0.25, 0.3) is 0 Å². The Morgan fingerprint density at radius 2 is 2.08 bits per heavy atom. The average molecular weight is 389 g/mol. The molecule has 134 valence electrons. The summed E-state index contributed by atoms with van der Waals surface area (Å²) in [5.74, 6) is 1.63. The van der Waals surface area contributed by atoms with Crippen molar-refractivity contribution in [2.45, 2.75) is 13.5 Å². The molecule has 0 aliphatic rings. The first-order valence-electron chi connectivity index (χ1n) is 8.01. The number of halogens is 1. The summed E-state index contributed by atoms with van der Waals surface area (Å²) in [6.45, 7) is 2.81. The van der Waals surface area contributed by atoms with E-state index in [4.69, 9.17) is 33.1 Å². The van der Waals surface area contributed by atoms with Gasteiger partial charge in [-0.1, -0.05) is 41.0 Å². The molecule has 0 radical (unpaired) electrons. The van der Waals surface area contributed by atoms with Crippen molar-refractivity contribution in [1.82, 2.24) is 15.5 Å². The Kier molecular flexibility index (Phi) is 6.04. The lowest BCUT2D eigenvalue weighted by Crippen LogP contribution is -2.28. The highest BCUT2D eigenvalue weighted by molar-refractivity contribution is 7.80. The van der Waals surface area contributed by atoms with Crippen LogP contribution in [0.5, 0.6) is 5.75 Å². The lowest BCUT2D eigenvalue weighted by atomic mass is 10.2.